The van der Waals surface area contributed by atoms with E-state index in [9.17, 15) is 13.6 Å². The number of carbonyl (C=O) groups excluding carboxylic acids is 1. The van der Waals surface area contributed by atoms with E-state index in [0.29, 0.717) is 0 Å². The molecule has 1 aliphatic carbocycles. The summed E-state index contributed by atoms with van der Waals surface area (Å²) in [5, 5.41) is 0. The molecule has 2 rings (SSSR count). The lowest BCUT2D eigenvalue weighted by molar-refractivity contribution is 0.0465. The topological polar surface area (TPSA) is 26.3 Å². The van der Waals surface area contributed by atoms with Crippen LogP contribution in [0.4, 0.5) is 8.78 Å². The largest absolute Gasteiger partial charge is 0.459 e. The van der Waals surface area contributed by atoms with Gasteiger partial charge in [-0.3, -0.25) is 0 Å². The lowest BCUT2D eigenvalue weighted by atomic mass is 10.2. The van der Waals surface area contributed by atoms with Gasteiger partial charge in [0.2, 0.25) is 0 Å². The van der Waals surface area contributed by atoms with Crippen molar-refractivity contribution in [3.63, 3.8) is 0 Å². The molecule has 1 aromatic rings. The summed E-state index contributed by atoms with van der Waals surface area (Å²) in [5.74, 6) is -2.96. The fourth-order valence-corrected chi connectivity index (χ4v) is 1.06. The van der Waals surface area contributed by atoms with Crippen molar-refractivity contribution in [2.45, 2.75) is 18.9 Å². The number of esters is 1. The van der Waals surface area contributed by atoms with Crippen LogP contribution < -0.4 is 0 Å². The molecule has 0 unspecified atom stereocenters. The maximum absolute atomic E-state index is 13.0. The van der Waals surface area contributed by atoms with Gasteiger partial charge in [-0.25, -0.2) is 13.6 Å². The second-order valence-corrected chi connectivity index (χ2v) is 3.21. The van der Waals surface area contributed by atoms with Crippen LogP contribution in [0.1, 0.15) is 23.2 Å². The third-order valence-corrected chi connectivity index (χ3v) is 1.97. The second-order valence-electron chi connectivity index (χ2n) is 3.21. The van der Waals surface area contributed by atoms with Gasteiger partial charge in [0.1, 0.15) is 6.10 Å². The Balaban J connectivity index is 2.21. The average molecular weight is 198 g/mol. The van der Waals surface area contributed by atoms with Crippen LogP contribution in [0.2, 0.25) is 0 Å². The molecule has 2 nitrogen and oxygen atoms in total. The van der Waals surface area contributed by atoms with Crippen molar-refractivity contribution in [2.24, 2.45) is 0 Å². The van der Waals surface area contributed by atoms with Gasteiger partial charge in [-0.15, -0.1) is 0 Å². The first-order valence-electron chi connectivity index (χ1n) is 4.33. The van der Waals surface area contributed by atoms with Gasteiger partial charge in [0.15, 0.2) is 11.6 Å². The smallest absolute Gasteiger partial charge is 0.341 e. The molecule has 0 aromatic heterocycles. The number of carbonyl (C=O) groups is 1. The van der Waals surface area contributed by atoms with E-state index in [-0.39, 0.29) is 11.7 Å². The Hall–Kier alpha value is -1.45. The molecule has 0 spiro atoms. The lowest BCUT2D eigenvalue weighted by Gasteiger charge is -2.03. The molecule has 14 heavy (non-hydrogen) atoms. The molecule has 0 saturated heterocycles. The SMILES string of the molecule is O=C(OC1CC1)c1cccc(F)c1F. The van der Waals surface area contributed by atoms with Crippen LogP contribution in [0, 0.1) is 11.6 Å². The Kier molecular flexibility index (Phi) is 2.19. The van der Waals surface area contributed by atoms with Gasteiger partial charge < -0.3 is 4.74 Å². The maximum atomic E-state index is 13.0. The van der Waals surface area contributed by atoms with Crippen molar-refractivity contribution in [2.75, 3.05) is 0 Å². The zero-order valence-corrected chi connectivity index (χ0v) is 7.30. The van der Waals surface area contributed by atoms with E-state index >= 15 is 0 Å². The molecule has 1 saturated carbocycles. The second kappa shape index (κ2) is 3.36. The normalized spacial score (nSPS) is 15.3. The van der Waals surface area contributed by atoms with E-state index < -0.39 is 17.6 Å². The number of hydrogen-bond acceptors (Lipinski definition) is 2. The Labute approximate surface area is 79.5 Å². The summed E-state index contributed by atoms with van der Waals surface area (Å²) in [5.41, 5.74) is -0.336. The number of rotatable bonds is 2. The van der Waals surface area contributed by atoms with E-state index in [0.717, 1.165) is 18.9 Å². The fraction of sp³-hybridized carbons (Fsp3) is 0.300. The minimum Gasteiger partial charge on any atom is -0.459 e. The molecule has 4 heteroatoms. The van der Waals surface area contributed by atoms with Crippen molar-refractivity contribution in [3.8, 4) is 0 Å². The molecular formula is C10H8F2O2. The summed E-state index contributed by atoms with van der Waals surface area (Å²) >= 11 is 0. The number of benzene rings is 1. The Bertz CT molecular complexity index is 372. The highest BCUT2D eigenvalue weighted by atomic mass is 19.2. The molecule has 0 radical (unpaired) electrons. The van der Waals surface area contributed by atoms with Crippen LogP contribution in [0.5, 0.6) is 0 Å². The summed E-state index contributed by atoms with van der Waals surface area (Å²) in [6, 6.07) is 3.45. The van der Waals surface area contributed by atoms with Gasteiger partial charge >= 0.3 is 5.97 Å². The van der Waals surface area contributed by atoms with Gasteiger partial charge in [0.05, 0.1) is 5.56 Å². The van der Waals surface area contributed by atoms with Crippen LogP contribution in [-0.4, -0.2) is 12.1 Å². The van der Waals surface area contributed by atoms with Crippen LogP contribution in [-0.2, 0) is 4.74 Å². The third-order valence-electron chi connectivity index (χ3n) is 1.97. The van der Waals surface area contributed by atoms with Crippen molar-refractivity contribution in [1.82, 2.24) is 0 Å². The van der Waals surface area contributed by atoms with Crippen molar-refractivity contribution in [3.05, 3.63) is 35.4 Å². The summed E-state index contributed by atoms with van der Waals surface area (Å²) in [7, 11) is 0. The Morgan fingerprint density at radius 3 is 2.71 bits per heavy atom. The zero-order chi connectivity index (χ0) is 10.1. The highest BCUT2D eigenvalue weighted by Gasteiger charge is 2.28. The molecule has 1 aromatic carbocycles. The standard InChI is InChI=1S/C10H8F2O2/c11-8-3-1-2-7(9(8)12)10(13)14-6-4-5-6/h1-3,6H,4-5H2. The molecule has 1 fully saturated rings. The van der Waals surface area contributed by atoms with Crippen molar-refractivity contribution in [1.29, 1.82) is 0 Å². The van der Waals surface area contributed by atoms with E-state index in [1.54, 1.807) is 0 Å². The molecule has 74 valence electrons. The number of ether oxygens (including phenoxy) is 1. The fourth-order valence-electron chi connectivity index (χ4n) is 1.06. The molecule has 0 bridgehead atoms. The van der Waals surface area contributed by atoms with Crippen LogP contribution in [0.3, 0.4) is 0 Å². The molecule has 0 amide bonds. The molecule has 0 atom stereocenters. The molecule has 0 heterocycles. The van der Waals surface area contributed by atoms with E-state index in [1.165, 1.54) is 12.1 Å². The van der Waals surface area contributed by atoms with E-state index in [1.807, 2.05) is 0 Å². The molecule has 0 aliphatic heterocycles. The summed E-state index contributed by atoms with van der Waals surface area (Å²) in [6.45, 7) is 0. The highest BCUT2D eigenvalue weighted by molar-refractivity contribution is 5.89. The molecular weight excluding hydrogens is 190 g/mol. The Morgan fingerprint density at radius 2 is 2.07 bits per heavy atom. The molecule has 1 aliphatic rings. The van der Waals surface area contributed by atoms with Gasteiger partial charge in [0.25, 0.3) is 0 Å². The zero-order valence-electron chi connectivity index (χ0n) is 7.30. The van der Waals surface area contributed by atoms with Crippen molar-refractivity contribution < 1.29 is 18.3 Å². The van der Waals surface area contributed by atoms with Crippen LogP contribution in [0.25, 0.3) is 0 Å². The number of halogens is 2. The highest BCUT2D eigenvalue weighted by Crippen LogP contribution is 2.25. The summed E-state index contributed by atoms with van der Waals surface area (Å²) in [4.78, 5) is 11.2. The van der Waals surface area contributed by atoms with Gasteiger partial charge in [-0.1, -0.05) is 6.07 Å². The van der Waals surface area contributed by atoms with Gasteiger partial charge in [-0.2, -0.15) is 0 Å². The summed E-state index contributed by atoms with van der Waals surface area (Å²) < 4.78 is 30.6. The first kappa shape index (κ1) is 9.12. The number of hydrogen-bond donors (Lipinski definition) is 0. The lowest BCUT2D eigenvalue weighted by Crippen LogP contribution is -2.09. The predicted molar refractivity (Wildman–Crippen MR) is 44.8 cm³/mol. The maximum Gasteiger partial charge on any atom is 0.341 e. The predicted octanol–water partition coefficient (Wildman–Crippen LogP) is 2.28. The first-order chi connectivity index (χ1) is 6.68. The van der Waals surface area contributed by atoms with Crippen molar-refractivity contribution >= 4 is 5.97 Å². The minimum atomic E-state index is -1.14. The van der Waals surface area contributed by atoms with Gasteiger partial charge in [0, 0.05) is 0 Å². The van der Waals surface area contributed by atoms with Gasteiger partial charge in [-0.05, 0) is 25.0 Å². The van der Waals surface area contributed by atoms with E-state index in [4.69, 9.17) is 4.74 Å². The molecule has 0 N–H and O–H groups in total. The average Bonchev–Trinajstić information content (AvgIpc) is 2.93. The minimum absolute atomic E-state index is 0.106. The quantitative estimate of drug-likeness (QED) is 0.681. The Morgan fingerprint density at radius 1 is 1.36 bits per heavy atom. The monoisotopic (exact) mass is 198 g/mol. The van der Waals surface area contributed by atoms with E-state index in [2.05, 4.69) is 0 Å². The van der Waals surface area contributed by atoms with Crippen LogP contribution >= 0.6 is 0 Å². The third kappa shape index (κ3) is 1.73. The first-order valence-corrected chi connectivity index (χ1v) is 4.33. The van der Waals surface area contributed by atoms with Crippen LogP contribution in [0.15, 0.2) is 18.2 Å². The summed E-state index contributed by atoms with van der Waals surface area (Å²) in [6.07, 6.45) is 1.51.